The molecule has 0 aliphatic carbocycles. The van der Waals surface area contributed by atoms with E-state index in [1.807, 2.05) is 16.7 Å². The summed E-state index contributed by atoms with van der Waals surface area (Å²) in [6, 6.07) is 7.17. The third-order valence-corrected chi connectivity index (χ3v) is 6.69. The summed E-state index contributed by atoms with van der Waals surface area (Å²) in [5.74, 6) is 1.35. The van der Waals surface area contributed by atoms with E-state index in [0.717, 1.165) is 24.3 Å². The van der Waals surface area contributed by atoms with Crippen molar-refractivity contribution in [3.63, 3.8) is 0 Å². The molecule has 2 aromatic heterocycles. The number of carbonyl (C=O) groups is 1. The highest BCUT2D eigenvalue weighted by atomic mass is 16.5. The number of anilines is 1. The number of aryl methyl sites for hydroxylation is 1. The minimum atomic E-state index is -0.611. The van der Waals surface area contributed by atoms with Gasteiger partial charge in [0.2, 0.25) is 5.62 Å². The van der Waals surface area contributed by atoms with Crippen LogP contribution in [0.3, 0.4) is 0 Å². The minimum Gasteiger partial charge on any atom is -0.491 e. The van der Waals surface area contributed by atoms with Crippen LogP contribution in [0.4, 0.5) is 5.82 Å². The van der Waals surface area contributed by atoms with Crippen molar-refractivity contribution in [2.75, 3.05) is 45.2 Å². The van der Waals surface area contributed by atoms with Gasteiger partial charge >= 0.3 is 0 Å². The number of methoxy groups -OCH3 is 1. The normalized spacial score (nSPS) is 17.0. The van der Waals surface area contributed by atoms with E-state index in [0.29, 0.717) is 47.9 Å². The maximum absolute atomic E-state index is 13.0. The van der Waals surface area contributed by atoms with Crippen molar-refractivity contribution in [2.24, 2.45) is 4.99 Å². The van der Waals surface area contributed by atoms with E-state index in [2.05, 4.69) is 20.2 Å². The first-order valence-electron chi connectivity index (χ1n) is 12.4. The zero-order valence-corrected chi connectivity index (χ0v) is 20.7. The lowest BCUT2D eigenvalue weighted by atomic mass is 10.1. The molecule has 0 radical (unpaired) electrons. The average molecular weight is 493 g/mol. The molecule has 1 saturated heterocycles. The van der Waals surface area contributed by atoms with Gasteiger partial charge in [0.25, 0.3) is 5.91 Å². The molecule has 1 aromatic carbocycles. The third-order valence-electron chi connectivity index (χ3n) is 6.69. The van der Waals surface area contributed by atoms with Crippen molar-refractivity contribution in [3.05, 3.63) is 47.3 Å². The van der Waals surface area contributed by atoms with Crippen LogP contribution in [0.5, 0.6) is 11.5 Å². The van der Waals surface area contributed by atoms with E-state index in [4.69, 9.17) is 14.5 Å². The highest BCUT2D eigenvalue weighted by molar-refractivity contribution is 5.97. The number of β-amino-alcohol motifs (C(OH)–C–C–N with tert-alkyl or cyclic N) is 1. The van der Waals surface area contributed by atoms with E-state index in [1.165, 1.54) is 19.3 Å². The molecule has 4 heterocycles. The number of pyridine rings is 1. The Kier molecular flexibility index (Phi) is 7.15. The molecule has 1 atom stereocenters. The van der Waals surface area contributed by atoms with Crippen LogP contribution in [0.25, 0.3) is 10.9 Å². The Labute approximate surface area is 209 Å². The lowest BCUT2D eigenvalue weighted by Crippen LogP contribution is -2.38. The number of aliphatic hydroxyl groups excluding tert-OH is 1. The van der Waals surface area contributed by atoms with Crippen LogP contribution in [0, 0.1) is 6.92 Å². The standard InChI is InChI=1S/C26H32N6O4/c1-17-19(7-6-10-27-17)25(34)30-26-29-22-20(24-28-11-14-32(24)26)8-9-21(23(22)35-2)36-16-18(33)15-31-12-4-3-5-13-31/h6-10,18,28,33H,3-5,11-16H2,1-2H3. The number of hydrogen-bond donors (Lipinski definition) is 2. The van der Waals surface area contributed by atoms with Crippen LogP contribution >= 0.6 is 0 Å². The number of fused-ring (bicyclic) bond motifs is 3. The van der Waals surface area contributed by atoms with Crippen LogP contribution < -0.4 is 20.4 Å². The number of likely N-dealkylation sites (tertiary alicyclic amines) is 1. The Morgan fingerprint density at radius 3 is 2.83 bits per heavy atom. The number of hydrogen-bond acceptors (Lipinski definition) is 8. The fourth-order valence-corrected chi connectivity index (χ4v) is 4.89. The van der Waals surface area contributed by atoms with Gasteiger partial charge < -0.3 is 24.8 Å². The third kappa shape index (κ3) is 4.91. The predicted octanol–water partition coefficient (Wildman–Crippen LogP) is 2.14. The molecular weight excluding hydrogens is 460 g/mol. The fourth-order valence-electron chi connectivity index (χ4n) is 4.89. The van der Waals surface area contributed by atoms with E-state index in [1.54, 1.807) is 32.4 Å². The van der Waals surface area contributed by atoms with Crippen LogP contribution in [0.15, 0.2) is 35.5 Å². The molecule has 3 aromatic rings. The quantitative estimate of drug-likeness (QED) is 0.516. The molecule has 190 valence electrons. The number of aliphatic hydroxyl groups is 1. The molecule has 1 fully saturated rings. The van der Waals surface area contributed by atoms with Gasteiger partial charge in [-0.05, 0) is 57.1 Å². The van der Waals surface area contributed by atoms with Crippen LogP contribution in [0.1, 0.15) is 35.3 Å². The molecule has 2 aliphatic heterocycles. The number of carbonyl (C=O) groups excluding carboxylic acids is 1. The van der Waals surface area contributed by atoms with Gasteiger partial charge in [0.05, 0.1) is 18.4 Å². The van der Waals surface area contributed by atoms with Gasteiger partial charge in [-0.25, -0.2) is 4.98 Å². The molecule has 0 saturated carbocycles. The Hall–Kier alpha value is -3.50. The maximum atomic E-state index is 13.0. The first-order valence-corrected chi connectivity index (χ1v) is 12.4. The minimum absolute atomic E-state index is 0.145. The van der Waals surface area contributed by atoms with Gasteiger partial charge in [-0.2, -0.15) is 4.99 Å². The highest BCUT2D eigenvalue weighted by Gasteiger charge is 2.22. The van der Waals surface area contributed by atoms with Crippen molar-refractivity contribution >= 4 is 22.6 Å². The number of rotatable bonds is 7. The van der Waals surface area contributed by atoms with Gasteiger partial charge in [0, 0.05) is 31.2 Å². The number of ether oxygens (including phenoxy) is 2. The lowest BCUT2D eigenvalue weighted by molar-refractivity contribution is 0.0609. The van der Waals surface area contributed by atoms with E-state index >= 15 is 0 Å². The van der Waals surface area contributed by atoms with Gasteiger partial charge in [-0.3, -0.25) is 14.3 Å². The maximum Gasteiger partial charge on any atom is 0.282 e. The van der Waals surface area contributed by atoms with Crippen LogP contribution in [-0.2, 0) is 6.54 Å². The van der Waals surface area contributed by atoms with E-state index < -0.39 is 12.0 Å². The second-order valence-electron chi connectivity index (χ2n) is 9.21. The Morgan fingerprint density at radius 1 is 1.22 bits per heavy atom. The molecule has 2 aliphatic rings. The van der Waals surface area contributed by atoms with Crippen molar-refractivity contribution < 1.29 is 19.4 Å². The Balaban J connectivity index is 1.47. The van der Waals surface area contributed by atoms with Gasteiger partial charge in [0.1, 0.15) is 24.0 Å². The summed E-state index contributed by atoms with van der Waals surface area (Å²) in [5.41, 5.74) is 1.88. The molecule has 5 rings (SSSR count). The van der Waals surface area contributed by atoms with Gasteiger partial charge in [0.15, 0.2) is 11.5 Å². The van der Waals surface area contributed by atoms with Crippen molar-refractivity contribution in [2.45, 2.75) is 38.8 Å². The van der Waals surface area contributed by atoms with Crippen molar-refractivity contribution in [1.82, 2.24) is 19.4 Å². The molecule has 36 heavy (non-hydrogen) atoms. The summed E-state index contributed by atoms with van der Waals surface area (Å²) in [6.45, 7) is 5.88. The van der Waals surface area contributed by atoms with E-state index in [-0.39, 0.29) is 12.2 Å². The number of nitrogens with one attached hydrogen (secondary N) is 1. The summed E-state index contributed by atoms with van der Waals surface area (Å²) >= 11 is 0. The summed E-state index contributed by atoms with van der Waals surface area (Å²) in [7, 11) is 1.56. The Morgan fingerprint density at radius 2 is 2.06 bits per heavy atom. The van der Waals surface area contributed by atoms with E-state index in [9.17, 15) is 9.90 Å². The van der Waals surface area contributed by atoms with Crippen molar-refractivity contribution in [1.29, 1.82) is 0 Å². The van der Waals surface area contributed by atoms with Gasteiger partial charge in [-0.15, -0.1) is 0 Å². The molecule has 10 nitrogen and oxygen atoms in total. The SMILES string of the molecule is COc1c(OCC(O)CN2CCCCC2)ccc2c3n(c(=NC(=O)c4cccnc4C)nc12)CCN3. The van der Waals surface area contributed by atoms with Gasteiger partial charge in [-0.1, -0.05) is 6.42 Å². The first-order chi connectivity index (χ1) is 17.5. The smallest absolute Gasteiger partial charge is 0.282 e. The summed E-state index contributed by atoms with van der Waals surface area (Å²) < 4.78 is 13.6. The molecular formula is C26H32N6O4. The second kappa shape index (κ2) is 10.6. The van der Waals surface area contributed by atoms with Crippen LogP contribution in [-0.4, -0.2) is 76.4 Å². The zero-order valence-electron chi connectivity index (χ0n) is 20.7. The highest BCUT2D eigenvalue weighted by Crippen LogP contribution is 2.37. The topological polar surface area (TPSA) is 114 Å². The molecule has 10 heteroatoms. The summed E-state index contributed by atoms with van der Waals surface area (Å²) in [6.07, 6.45) is 4.63. The van der Waals surface area contributed by atoms with Crippen molar-refractivity contribution in [3.8, 4) is 11.5 Å². The predicted molar refractivity (Wildman–Crippen MR) is 135 cm³/mol. The molecule has 0 bridgehead atoms. The average Bonchev–Trinajstić information content (AvgIpc) is 3.38. The van der Waals surface area contributed by atoms with Crippen LogP contribution in [0.2, 0.25) is 0 Å². The number of nitrogens with zero attached hydrogens (tertiary/aromatic N) is 5. The number of amides is 1. The number of piperidine rings is 1. The Bertz CT molecular complexity index is 1330. The first kappa shape index (κ1) is 24.2. The molecule has 0 spiro atoms. The fraction of sp³-hybridized carbons (Fsp3) is 0.462. The zero-order chi connectivity index (χ0) is 25.1. The molecule has 1 unspecified atom stereocenters. The molecule has 2 N–H and O–H groups in total. The lowest BCUT2D eigenvalue weighted by Gasteiger charge is -2.28. The largest absolute Gasteiger partial charge is 0.491 e. The number of benzene rings is 1. The number of aromatic nitrogens is 3. The summed E-state index contributed by atoms with van der Waals surface area (Å²) in [4.78, 5) is 28.5. The second-order valence-corrected chi connectivity index (χ2v) is 9.21. The molecule has 1 amide bonds. The monoisotopic (exact) mass is 492 g/mol. The summed E-state index contributed by atoms with van der Waals surface area (Å²) in [5, 5.41) is 14.8.